The van der Waals surface area contributed by atoms with E-state index in [1.54, 1.807) is 0 Å². The molecule has 1 N–H and O–H groups in total. The molecule has 0 saturated heterocycles. The maximum absolute atomic E-state index is 6.19. The summed E-state index contributed by atoms with van der Waals surface area (Å²) in [5.41, 5.74) is 2.68. The first-order valence-electron chi connectivity index (χ1n) is 6.60. The number of hydrogen-bond donors (Lipinski definition) is 1. The molecule has 0 radical (unpaired) electrons. The van der Waals surface area contributed by atoms with Crippen LogP contribution in [0.5, 0.6) is 0 Å². The van der Waals surface area contributed by atoms with E-state index < -0.39 is 0 Å². The van der Waals surface area contributed by atoms with E-state index in [-0.39, 0.29) is 0 Å². The Hall–Kier alpha value is -2.10. The molecule has 3 nitrogen and oxygen atoms in total. The van der Waals surface area contributed by atoms with Crippen LogP contribution in [0.4, 0.5) is 0 Å². The van der Waals surface area contributed by atoms with Gasteiger partial charge in [0.2, 0.25) is 0 Å². The highest BCUT2D eigenvalue weighted by atomic mass is 35.5. The second-order valence-corrected chi connectivity index (χ2v) is 4.78. The lowest BCUT2D eigenvalue weighted by Crippen LogP contribution is -1.89. The molecule has 0 spiro atoms. The summed E-state index contributed by atoms with van der Waals surface area (Å²) in [5, 5.41) is 3.41. The number of oxazole rings is 1. The Morgan fingerprint density at radius 2 is 1.57 bits per heavy atom. The van der Waals surface area contributed by atoms with E-state index in [1.807, 2.05) is 68.7 Å². The molecule has 0 amide bonds. The number of aromatic nitrogens is 1. The predicted octanol–water partition coefficient (Wildman–Crippen LogP) is 4.50. The Morgan fingerprint density at radius 3 is 2.24 bits per heavy atom. The van der Waals surface area contributed by atoms with E-state index in [4.69, 9.17) is 16.0 Å². The Bertz CT molecular complexity index is 680. The van der Waals surface area contributed by atoms with Gasteiger partial charge in [0, 0.05) is 11.1 Å². The summed E-state index contributed by atoms with van der Waals surface area (Å²) in [5.74, 6) is 0.701. The fourth-order valence-corrected chi connectivity index (χ4v) is 2.11. The van der Waals surface area contributed by atoms with E-state index in [9.17, 15) is 0 Å². The van der Waals surface area contributed by atoms with Crippen LogP contribution in [-0.4, -0.2) is 19.1 Å². The zero-order valence-electron chi connectivity index (χ0n) is 12.0. The first kappa shape index (κ1) is 15.3. The van der Waals surface area contributed by atoms with Crippen molar-refractivity contribution in [2.75, 3.05) is 14.1 Å². The zero-order chi connectivity index (χ0) is 15.1. The van der Waals surface area contributed by atoms with Gasteiger partial charge in [0.05, 0.1) is 5.02 Å². The number of hydrogen-bond acceptors (Lipinski definition) is 3. The molecule has 0 saturated carbocycles. The molecule has 0 bridgehead atoms. The van der Waals surface area contributed by atoms with E-state index in [0.717, 1.165) is 16.8 Å². The lowest BCUT2D eigenvalue weighted by Gasteiger charge is -2.03. The van der Waals surface area contributed by atoms with Gasteiger partial charge in [0.15, 0.2) is 12.2 Å². The Morgan fingerprint density at radius 1 is 0.952 bits per heavy atom. The van der Waals surface area contributed by atoms with Gasteiger partial charge in [-0.2, -0.15) is 0 Å². The first-order valence-corrected chi connectivity index (χ1v) is 6.98. The summed E-state index contributed by atoms with van der Waals surface area (Å²) >= 11 is 6.19. The van der Waals surface area contributed by atoms with Gasteiger partial charge in [0.1, 0.15) is 5.69 Å². The molecule has 0 aliphatic carbocycles. The second kappa shape index (κ2) is 7.62. The third-order valence-electron chi connectivity index (χ3n) is 2.73. The standard InChI is InChI=1S/C15H10ClNO.C2H7N/c16-13-9-5-4-8-12(13)15-14(17-10-18-15)11-6-2-1-3-7-11;1-3-2/h1-10H;3H,1-2H3. The fraction of sp³-hybridized carbons (Fsp3) is 0.118. The second-order valence-electron chi connectivity index (χ2n) is 4.38. The fourth-order valence-electron chi connectivity index (χ4n) is 1.88. The highest BCUT2D eigenvalue weighted by molar-refractivity contribution is 6.33. The molecule has 0 aliphatic rings. The molecule has 0 aliphatic heterocycles. The lowest BCUT2D eigenvalue weighted by atomic mass is 10.1. The van der Waals surface area contributed by atoms with Crippen molar-refractivity contribution in [1.29, 1.82) is 0 Å². The smallest absolute Gasteiger partial charge is 0.182 e. The van der Waals surface area contributed by atoms with Crippen LogP contribution in [0.3, 0.4) is 0 Å². The summed E-state index contributed by atoms with van der Waals surface area (Å²) in [6, 6.07) is 17.5. The van der Waals surface area contributed by atoms with Crippen LogP contribution in [0, 0.1) is 0 Å². The van der Waals surface area contributed by atoms with Gasteiger partial charge >= 0.3 is 0 Å². The van der Waals surface area contributed by atoms with Crippen LogP contribution in [0.1, 0.15) is 0 Å². The lowest BCUT2D eigenvalue weighted by molar-refractivity contribution is 0.572. The SMILES string of the molecule is CNC.Clc1ccccc1-c1ocnc1-c1ccccc1. The van der Waals surface area contributed by atoms with E-state index in [2.05, 4.69) is 10.3 Å². The average molecular weight is 301 g/mol. The van der Waals surface area contributed by atoms with Crippen LogP contribution >= 0.6 is 11.6 Å². The largest absolute Gasteiger partial charge is 0.443 e. The van der Waals surface area contributed by atoms with Gasteiger partial charge in [-0.1, -0.05) is 54.1 Å². The molecule has 1 heterocycles. The summed E-state index contributed by atoms with van der Waals surface area (Å²) in [7, 11) is 3.75. The normalized spacial score (nSPS) is 9.86. The molecule has 0 atom stereocenters. The van der Waals surface area contributed by atoms with Crippen LogP contribution in [-0.2, 0) is 0 Å². The zero-order valence-corrected chi connectivity index (χ0v) is 12.8. The maximum Gasteiger partial charge on any atom is 0.182 e. The van der Waals surface area contributed by atoms with Gasteiger partial charge in [-0.15, -0.1) is 0 Å². The molecule has 3 aromatic rings. The molecule has 108 valence electrons. The first-order chi connectivity index (χ1) is 10.3. The maximum atomic E-state index is 6.19. The average Bonchev–Trinajstić information content (AvgIpc) is 2.99. The highest BCUT2D eigenvalue weighted by Gasteiger charge is 2.14. The predicted molar refractivity (Wildman–Crippen MR) is 87.4 cm³/mol. The minimum Gasteiger partial charge on any atom is -0.443 e. The Balaban J connectivity index is 0.000000497. The number of halogens is 1. The molecule has 2 aromatic carbocycles. The number of rotatable bonds is 2. The quantitative estimate of drug-likeness (QED) is 0.757. The number of nitrogens with one attached hydrogen (secondary N) is 1. The van der Waals surface area contributed by atoms with E-state index in [1.165, 1.54) is 6.39 Å². The molecule has 1 aromatic heterocycles. The Kier molecular flexibility index (Phi) is 5.55. The minimum absolute atomic E-state index is 0.659. The molecular weight excluding hydrogens is 284 g/mol. The van der Waals surface area contributed by atoms with Crippen LogP contribution in [0.2, 0.25) is 5.02 Å². The molecular formula is C17H17ClN2O. The topological polar surface area (TPSA) is 38.1 Å². The van der Waals surface area contributed by atoms with Crippen LogP contribution in [0.15, 0.2) is 65.4 Å². The minimum atomic E-state index is 0.659. The summed E-state index contributed by atoms with van der Waals surface area (Å²) in [4.78, 5) is 4.28. The molecule has 0 unspecified atom stereocenters. The van der Waals surface area contributed by atoms with Crippen molar-refractivity contribution in [3.8, 4) is 22.6 Å². The van der Waals surface area contributed by atoms with Crippen molar-refractivity contribution in [3.63, 3.8) is 0 Å². The summed E-state index contributed by atoms with van der Waals surface area (Å²) < 4.78 is 5.49. The number of nitrogens with zero attached hydrogens (tertiary/aromatic N) is 1. The third-order valence-corrected chi connectivity index (χ3v) is 3.06. The molecule has 0 fully saturated rings. The van der Waals surface area contributed by atoms with Crippen molar-refractivity contribution >= 4 is 11.6 Å². The van der Waals surface area contributed by atoms with Crippen molar-refractivity contribution in [3.05, 3.63) is 66.0 Å². The van der Waals surface area contributed by atoms with E-state index in [0.29, 0.717) is 10.8 Å². The third kappa shape index (κ3) is 3.72. The summed E-state index contributed by atoms with van der Waals surface area (Å²) in [6.07, 6.45) is 1.45. The van der Waals surface area contributed by atoms with Crippen LogP contribution in [0.25, 0.3) is 22.6 Å². The van der Waals surface area contributed by atoms with Crippen molar-refractivity contribution in [2.24, 2.45) is 0 Å². The highest BCUT2D eigenvalue weighted by Crippen LogP contribution is 2.34. The van der Waals surface area contributed by atoms with Gasteiger partial charge in [-0.25, -0.2) is 4.98 Å². The van der Waals surface area contributed by atoms with Gasteiger partial charge < -0.3 is 9.73 Å². The number of benzene rings is 2. The monoisotopic (exact) mass is 300 g/mol. The van der Waals surface area contributed by atoms with Crippen molar-refractivity contribution < 1.29 is 4.42 Å². The van der Waals surface area contributed by atoms with Gasteiger partial charge in [-0.3, -0.25) is 0 Å². The Labute approximate surface area is 129 Å². The van der Waals surface area contributed by atoms with Gasteiger partial charge in [-0.05, 0) is 26.2 Å². The van der Waals surface area contributed by atoms with Crippen molar-refractivity contribution in [1.82, 2.24) is 10.3 Å². The molecule has 3 rings (SSSR count). The summed E-state index contributed by atoms with van der Waals surface area (Å²) in [6.45, 7) is 0. The van der Waals surface area contributed by atoms with Gasteiger partial charge in [0.25, 0.3) is 0 Å². The van der Waals surface area contributed by atoms with Crippen LogP contribution < -0.4 is 5.32 Å². The van der Waals surface area contributed by atoms with E-state index >= 15 is 0 Å². The molecule has 4 heteroatoms. The van der Waals surface area contributed by atoms with Crippen molar-refractivity contribution in [2.45, 2.75) is 0 Å². The molecule has 21 heavy (non-hydrogen) atoms.